The molecule has 0 fully saturated rings. The van der Waals surface area contributed by atoms with Crippen molar-refractivity contribution in [2.24, 2.45) is 5.10 Å². The standard InChI is InChI=1S/C30H21Br2N3O4/c1-38-22-13-11-19(12-14-22)30(37)39-28-20(15-21(31)16-24(28)32)17-33-35-29(36)27-26(18-7-3-2-4-8-18)23-9-5-6-10-25(23)34-27/h2-17,34H,1H3,(H,35,36). The molecule has 5 rings (SSSR count). The Morgan fingerprint density at radius 3 is 2.38 bits per heavy atom. The fourth-order valence-corrected chi connectivity index (χ4v) is 5.44. The van der Waals surface area contributed by atoms with E-state index >= 15 is 0 Å². The fraction of sp³-hybridized carbons (Fsp3) is 0.0333. The molecule has 39 heavy (non-hydrogen) atoms. The Morgan fingerprint density at radius 1 is 0.923 bits per heavy atom. The molecule has 0 spiro atoms. The average Bonchev–Trinajstić information content (AvgIpc) is 3.35. The van der Waals surface area contributed by atoms with Crippen molar-refractivity contribution in [1.82, 2.24) is 10.4 Å². The minimum atomic E-state index is -0.551. The van der Waals surface area contributed by atoms with Gasteiger partial charge >= 0.3 is 5.97 Å². The van der Waals surface area contributed by atoms with Crippen LogP contribution in [0.4, 0.5) is 0 Å². The molecule has 0 atom stereocenters. The van der Waals surface area contributed by atoms with Gasteiger partial charge in [0.1, 0.15) is 11.4 Å². The number of carbonyl (C=O) groups excluding carboxylic acids is 2. The zero-order valence-corrected chi connectivity index (χ0v) is 23.7. The van der Waals surface area contributed by atoms with Crippen LogP contribution < -0.4 is 14.9 Å². The summed E-state index contributed by atoms with van der Waals surface area (Å²) < 4.78 is 12.1. The van der Waals surface area contributed by atoms with E-state index in [1.165, 1.54) is 6.21 Å². The lowest BCUT2D eigenvalue weighted by molar-refractivity contribution is 0.0732. The molecule has 7 nitrogen and oxygen atoms in total. The number of halogens is 2. The van der Waals surface area contributed by atoms with Gasteiger partial charge in [0, 0.05) is 26.5 Å². The second-order valence-electron chi connectivity index (χ2n) is 8.41. The van der Waals surface area contributed by atoms with E-state index in [0.717, 1.165) is 26.5 Å². The number of hydrogen-bond donors (Lipinski definition) is 2. The molecule has 9 heteroatoms. The first-order valence-electron chi connectivity index (χ1n) is 11.8. The Morgan fingerprint density at radius 2 is 1.64 bits per heavy atom. The summed E-state index contributed by atoms with van der Waals surface area (Å²) in [5.41, 5.74) is 6.35. The molecule has 1 heterocycles. The van der Waals surface area contributed by atoms with Gasteiger partial charge in [-0.2, -0.15) is 5.10 Å². The SMILES string of the molecule is COc1ccc(C(=O)Oc2c(Br)cc(Br)cc2C=NNC(=O)c2[nH]c3ccccc3c2-c2ccccc2)cc1. The third-order valence-corrected chi connectivity index (χ3v) is 6.97. The van der Waals surface area contributed by atoms with E-state index < -0.39 is 11.9 Å². The quantitative estimate of drug-likeness (QED) is 0.0837. The number of H-pyrrole nitrogens is 1. The van der Waals surface area contributed by atoms with Gasteiger partial charge < -0.3 is 14.5 Å². The summed E-state index contributed by atoms with van der Waals surface area (Å²) >= 11 is 6.90. The lowest BCUT2D eigenvalue weighted by atomic mass is 10.0. The van der Waals surface area contributed by atoms with Crippen molar-refractivity contribution < 1.29 is 19.1 Å². The zero-order chi connectivity index (χ0) is 27.4. The van der Waals surface area contributed by atoms with Gasteiger partial charge in [-0.05, 0) is 64.0 Å². The molecule has 0 saturated heterocycles. The smallest absolute Gasteiger partial charge is 0.343 e. The monoisotopic (exact) mass is 645 g/mol. The van der Waals surface area contributed by atoms with Gasteiger partial charge in [-0.15, -0.1) is 0 Å². The van der Waals surface area contributed by atoms with Gasteiger partial charge in [-0.1, -0.05) is 64.5 Å². The molecule has 2 N–H and O–H groups in total. The number of para-hydroxylation sites is 1. The van der Waals surface area contributed by atoms with Crippen LogP contribution in [-0.4, -0.2) is 30.2 Å². The maximum Gasteiger partial charge on any atom is 0.343 e. The summed E-state index contributed by atoms with van der Waals surface area (Å²) in [4.78, 5) is 29.3. The van der Waals surface area contributed by atoms with Crippen LogP contribution in [-0.2, 0) is 0 Å². The van der Waals surface area contributed by atoms with Gasteiger partial charge in [-0.25, -0.2) is 10.2 Å². The van der Waals surface area contributed by atoms with E-state index in [-0.39, 0.29) is 5.75 Å². The number of nitrogens with one attached hydrogen (secondary N) is 2. The lowest BCUT2D eigenvalue weighted by Crippen LogP contribution is -2.19. The van der Waals surface area contributed by atoms with Crippen LogP contribution in [0.25, 0.3) is 22.0 Å². The molecule has 5 aromatic rings. The van der Waals surface area contributed by atoms with Crippen molar-refractivity contribution in [1.29, 1.82) is 0 Å². The number of ether oxygens (including phenoxy) is 2. The Kier molecular flexibility index (Phi) is 7.90. The normalized spacial score (nSPS) is 11.1. The Bertz CT molecular complexity index is 1700. The van der Waals surface area contributed by atoms with Crippen LogP contribution in [0.3, 0.4) is 0 Å². The summed E-state index contributed by atoms with van der Waals surface area (Å²) in [6.45, 7) is 0. The van der Waals surface area contributed by atoms with E-state index in [1.807, 2.05) is 54.6 Å². The zero-order valence-electron chi connectivity index (χ0n) is 20.6. The molecular weight excluding hydrogens is 626 g/mol. The number of esters is 1. The summed E-state index contributed by atoms with van der Waals surface area (Å²) in [6.07, 6.45) is 1.43. The molecule has 0 saturated carbocycles. The van der Waals surface area contributed by atoms with Crippen molar-refractivity contribution >= 4 is 60.9 Å². The maximum atomic E-state index is 13.3. The predicted molar refractivity (Wildman–Crippen MR) is 159 cm³/mol. The number of nitrogens with zero attached hydrogens (tertiary/aromatic N) is 1. The molecule has 0 bridgehead atoms. The van der Waals surface area contributed by atoms with E-state index in [2.05, 4.69) is 47.4 Å². The molecule has 1 aromatic heterocycles. The molecule has 194 valence electrons. The number of methoxy groups -OCH3 is 1. The molecule has 4 aromatic carbocycles. The number of rotatable bonds is 7. The molecule has 0 aliphatic heterocycles. The molecule has 0 unspecified atom stereocenters. The minimum absolute atomic E-state index is 0.257. The van der Waals surface area contributed by atoms with Gasteiger partial charge in [-0.3, -0.25) is 4.79 Å². The number of amides is 1. The average molecular weight is 647 g/mol. The van der Waals surface area contributed by atoms with Crippen LogP contribution in [0.2, 0.25) is 0 Å². The van der Waals surface area contributed by atoms with Crippen molar-refractivity contribution in [2.75, 3.05) is 7.11 Å². The maximum absolute atomic E-state index is 13.3. The van der Waals surface area contributed by atoms with Gasteiger partial charge in [0.2, 0.25) is 0 Å². The summed E-state index contributed by atoms with van der Waals surface area (Å²) in [5.74, 6) is -0.0741. The number of benzene rings is 4. The van der Waals surface area contributed by atoms with Crippen LogP contribution in [0.15, 0.2) is 105 Å². The fourth-order valence-electron chi connectivity index (χ4n) is 4.10. The predicted octanol–water partition coefficient (Wildman–Crippen LogP) is 7.35. The van der Waals surface area contributed by atoms with E-state index in [1.54, 1.807) is 43.5 Å². The second kappa shape index (κ2) is 11.7. The largest absolute Gasteiger partial charge is 0.497 e. The lowest BCUT2D eigenvalue weighted by Gasteiger charge is -2.11. The number of aromatic nitrogens is 1. The number of fused-ring (bicyclic) bond motifs is 1. The molecule has 1 amide bonds. The van der Waals surface area contributed by atoms with Crippen molar-refractivity contribution in [3.05, 3.63) is 117 Å². The Balaban J connectivity index is 1.41. The van der Waals surface area contributed by atoms with Crippen LogP contribution in [0.1, 0.15) is 26.4 Å². The highest BCUT2D eigenvalue weighted by Gasteiger charge is 2.19. The highest BCUT2D eigenvalue weighted by atomic mass is 79.9. The minimum Gasteiger partial charge on any atom is -0.497 e. The van der Waals surface area contributed by atoms with Crippen molar-refractivity contribution in [2.45, 2.75) is 0 Å². The first kappa shape index (κ1) is 26.4. The van der Waals surface area contributed by atoms with E-state index in [0.29, 0.717) is 27.0 Å². The molecular formula is C30H21Br2N3O4. The summed E-state index contributed by atoms with van der Waals surface area (Å²) in [5, 5.41) is 5.11. The van der Waals surface area contributed by atoms with Crippen molar-refractivity contribution in [3.8, 4) is 22.6 Å². The first-order chi connectivity index (χ1) is 18.9. The van der Waals surface area contributed by atoms with Crippen LogP contribution >= 0.6 is 31.9 Å². The highest BCUT2D eigenvalue weighted by Crippen LogP contribution is 2.34. The number of hydrogen-bond acceptors (Lipinski definition) is 5. The van der Waals surface area contributed by atoms with Gasteiger partial charge in [0.25, 0.3) is 5.91 Å². The van der Waals surface area contributed by atoms with Gasteiger partial charge in [0.15, 0.2) is 5.75 Å². The molecule has 0 aliphatic carbocycles. The third kappa shape index (κ3) is 5.79. The molecule has 0 radical (unpaired) electrons. The Labute approximate surface area is 241 Å². The van der Waals surface area contributed by atoms with E-state index in [9.17, 15) is 9.59 Å². The summed E-state index contributed by atoms with van der Waals surface area (Å²) in [6, 6.07) is 27.5. The van der Waals surface area contributed by atoms with Gasteiger partial charge in [0.05, 0.1) is 23.4 Å². The number of carbonyl (C=O) groups is 2. The van der Waals surface area contributed by atoms with Crippen molar-refractivity contribution in [3.63, 3.8) is 0 Å². The number of hydrazone groups is 1. The highest BCUT2D eigenvalue weighted by molar-refractivity contribution is 9.11. The first-order valence-corrected chi connectivity index (χ1v) is 13.4. The molecule has 0 aliphatic rings. The Hall–Kier alpha value is -4.21. The topological polar surface area (TPSA) is 92.8 Å². The number of aromatic amines is 1. The van der Waals surface area contributed by atoms with E-state index in [4.69, 9.17) is 9.47 Å². The third-order valence-electron chi connectivity index (χ3n) is 5.92. The van der Waals surface area contributed by atoms with Crippen LogP contribution in [0.5, 0.6) is 11.5 Å². The summed E-state index contributed by atoms with van der Waals surface area (Å²) in [7, 11) is 1.55. The second-order valence-corrected chi connectivity index (χ2v) is 10.2. The van der Waals surface area contributed by atoms with Crippen LogP contribution in [0, 0.1) is 0 Å².